The number of methoxy groups -OCH3 is 1. The second-order valence-electron chi connectivity index (χ2n) is 6.00. The second-order valence-corrected chi connectivity index (χ2v) is 7.13. The molecule has 1 aliphatic rings. The Morgan fingerprint density at radius 1 is 1.21 bits per heavy atom. The number of carbonyl (C=O) groups is 2. The molecular weight excluding hydrogens is 326 g/mol. The SMILES string of the molecule is CCOC(=O)CN(CCOC)C(=O)c1cc2c(s1)CCCCCC2. The van der Waals surface area contributed by atoms with Crippen molar-refractivity contribution in [3.8, 4) is 0 Å². The monoisotopic (exact) mass is 353 g/mol. The van der Waals surface area contributed by atoms with Crippen LogP contribution in [0.5, 0.6) is 0 Å². The van der Waals surface area contributed by atoms with Gasteiger partial charge in [-0.15, -0.1) is 11.3 Å². The van der Waals surface area contributed by atoms with Crippen molar-refractivity contribution < 1.29 is 19.1 Å². The quantitative estimate of drug-likeness (QED) is 0.707. The lowest BCUT2D eigenvalue weighted by atomic mass is 10.00. The zero-order valence-corrected chi connectivity index (χ0v) is 15.5. The maximum atomic E-state index is 12.9. The first-order chi connectivity index (χ1) is 11.7. The van der Waals surface area contributed by atoms with E-state index in [4.69, 9.17) is 9.47 Å². The fourth-order valence-corrected chi connectivity index (χ4v) is 4.14. The van der Waals surface area contributed by atoms with Crippen LogP contribution in [0, 0.1) is 0 Å². The molecule has 0 saturated heterocycles. The minimum absolute atomic E-state index is 0.0292. The molecule has 1 aromatic heterocycles. The number of thiophene rings is 1. The maximum Gasteiger partial charge on any atom is 0.325 e. The van der Waals surface area contributed by atoms with Crippen LogP contribution in [-0.4, -0.2) is 50.2 Å². The summed E-state index contributed by atoms with van der Waals surface area (Å²) in [5.41, 5.74) is 1.31. The van der Waals surface area contributed by atoms with Gasteiger partial charge < -0.3 is 14.4 Å². The summed E-state index contributed by atoms with van der Waals surface area (Å²) in [6.07, 6.45) is 7.02. The molecule has 0 bridgehead atoms. The van der Waals surface area contributed by atoms with Crippen LogP contribution in [0.4, 0.5) is 0 Å². The Balaban J connectivity index is 2.12. The van der Waals surface area contributed by atoms with Crippen molar-refractivity contribution in [3.05, 3.63) is 21.4 Å². The minimum Gasteiger partial charge on any atom is -0.465 e. The van der Waals surface area contributed by atoms with Gasteiger partial charge in [-0.1, -0.05) is 12.8 Å². The minimum atomic E-state index is -0.378. The topological polar surface area (TPSA) is 55.8 Å². The molecular formula is C18H27NO4S. The molecule has 0 radical (unpaired) electrons. The summed E-state index contributed by atoms with van der Waals surface area (Å²) in [7, 11) is 1.59. The van der Waals surface area contributed by atoms with E-state index < -0.39 is 0 Å². The van der Waals surface area contributed by atoms with Crippen LogP contribution >= 0.6 is 11.3 Å². The number of esters is 1. The fraction of sp³-hybridized carbons (Fsp3) is 0.667. The van der Waals surface area contributed by atoms with Crippen molar-refractivity contribution in [1.29, 1.82) is 0 Å². The Morgan fingerprint density at radius 3 is 2.67 bits per heavy atom. The molecule has 0 spiro atoms. The van der Waals surface area contributed by atoms with Gasteiger partial charge in [0.15, 0.2) is 0 Å². The highest BCUT2D eigenvalue weighted by Crippen LogP contribution is 2.29. The molecule has 0 aliphatic heterocycles. The highest BCUT2D eigenvalue weighted by Gasteiger charge is 2.23. The maximum absolute atomic E-state index is 12.9. The van der Waals surface area contributed by atoms with Crippen LogP contribution in [0.15, 0.2) is 6.07 Å². The van der Waals surface area contributed by atoms with E-state index in [0.717, 1.165) is 17.7 Å². The van der Waals surface area contributed by atoms with E-state index in [1.165, 1.54) is 41.0 Å². The molecule has 0 unspecified atom stereocenters. The zero-order chi connectivity index (χ0) is 17.4. The molecule has 1 heterocycles. The van der Waals surface area contributed by atoms with Gasteiger partial charge in [0.05, 0.1) is 18.1 Å². The summed E-state index contributed by atoms with van der Waals surface area (Å²) in [6.45, 7) is 2.84. The number of nitrogens with zero attached hydrogens (tertiary/aromatic N) is 1. The molecule has 1 aromatic rings. The summed E-state index contributed by atoms with van der Waals surface area (Å²) in [5, 5.41) is 0. The van der Waals surface area contributed by atoms with Crippen molar-refractivity contribution in [2.45, 2.75) is 45.4 Å². The van der Waals surface area contributed by atoms with Crippen molar-refractivity contribution in [2.24, 2.45) is 0 Å². The third kappa shape index (κ3) is 5.31. The molecule has 0 fully saturated rings. The number of aryl methyl sites for hydroxylation is 2. The Hall–Kier alpha value is -1.40. The van der Waals surface area contributed by atoms with Gasteiger partial charge in [-0.3, -0.25) is 9.59 Å². The number of fused-ring (bicyclic) bond motifs is 1. The lowest BCUT2D eigenvalue weighted by molar-refractivity contribution is -0.143. The first-order valence-corrected chi connectivity index (χ1v) is 9.52. The molecule has 0 atom stereocenters. The summed E-state index contributed by atoms with van der Waals surface area (Å²) in [5.74, 6) is -0.478. The number of carbonyl (C=O) groups excluding carboxylic acids is 2. The molecule has 2 rings (SSSR count). The van der Waals surface area contributed by atoms with Gasteiger partial charge in [-0.2, -0.15) is 0 Å². The van der Waals surface area contributed by atoms with Gasteiger partial charge in [0.25, 0.3) is 5.91 Å². The molecule has 5 nitrogen and oxygen atoms in total. The van der Waals surface area contributed by atoms with Gasteiger partial charge in [-0.25, -0.2) is 0 Å². The highest BCUT2D eigenvalue weighted by molar-refractivity contribution is 7.14. The number of ether oxygens (including phenoxy) is 2. The third-order valence-corrected chi connectivity index (χ3v) is 5.41. The van der Waals surface area contributed by atoms with Crippen LogP contribution in [0.25, 0.3) is 0 Å². The van der Waals surface area contributed by atoms with Gasteiger partial charge in [0, 0.05) is 18.5 Å². The molecule has 134 valence electrons. The van der Waals surface area contributed by atoms with Crippen LogP contribution in [0.3, 0.4) is 0 Å². The third-order valence-electron chi connectivity index (χ3n) is 4.19. The van der Waals surface area contributed by atoms with Crippen LogP contribution in [0.2, 0.25) is 0 Å². The predicted molar refractivity (Wildman–Crippen MR) is 94.6 cm³/mol. The second kappa shape index (κ2) is 9.79. The largest absolute Gasteiger partial charge is 0.465 e. The number of hydrogen-bond donors (Lipinski definition) is 0. The molecule has 1 aliphatic carbocycles. The first-order valence-electron chi connectivity index (χ1n) is 8.71. The Labute approximate surface area is 147 Å². The first kappa shape index (κ1) is 18.9. The predicted octanol–water partition coefficient (Wildman–Crippen LogP) is 3.06. The Morgan fingerprint density at radius 2 is 1.96 bits per heavy atom. The van der Waals surface area contributed by atoms with Crippen LogP contribution in [-0.2, 0) is 27.1 Å². The average Bonchev–Trinajstić information content (AvgIpc) is 2.93. The van der Waals surface area contributed by atoms with Gasteiger partial charge in [0.2, 0.25) is 0 Å². The van der Waals surface area contributed by atoms with E-state index in [0.29, 0.717) is 19.8 Å². The van der Waals surface area contributed by atoms with Gasteiger partial charge in [-0.05, 0) is 44.2 Å². The van der Waals surface area contributed by atoms with Gasteiger partial charge in [0.1, 0.15) is 6.54 Å². The van der Waals surface area contributed by atoms with Crippen molar-refractivity contribution >= 4 is 23.2 Å². The smallest absolute Gasteiger partial charge is 0.325 e. The average molecular weight is 353 g/mol. The van der Waals surface area contributed by atoms with Crippen molar-refractivity contribution in [3.63, 3.8) is 0 Å². The summed E-state index contributed by atoms with van der Waals surface area (Å²) >= 11 is 1.58. The van der Waals surface area contributed by atoms with Crippen LogP contribution in [0.1, 0.15) is 52.7 Å². The van der Waals surface area contributed by atoms with E-state index in [2.05, 4.69) is 0 Å². The molecule has 0 aromatic carbocycles. The summed E-state index contributed by atoms with van der Waals surface area (Å²) in [6, 6.07) is 2.03. The van der Waals surface area contributed by atoms with Gasteiger partial charge >= 0.3 is 5.97 Å². The molecule has 1 amide bonds. The van der Waals surface area contributed by atoms with Crippen molar-refractivity contribution in [2.75, 3.05) is 33.4 Å². The molecule has 0 saturated carbocycles. The number of amides is 1. The number of hydrogen-bond acceptors (Lipinski definition) is 5. The zero-order valence-electron chi connectivity index (χ0n) is 14.6. The lowest BCUT2D eigenvalue weighted by Gasteiger charge is -2.20. The number of rotatable bonds is 7. The summed E-state index contributed by atoms with van der Waals surface area (Å²) in [4.78, 5) is 28.2. The lowest BCUT2D eigenvalue weighted by Crippen LogP contribution is -2.38. The standard InChI is InChI=1S/C18H27NO4S/c1-3-23-17(20)13-19(10-11-22-2)18(21)16-12-14-8-6-4-5-7-9-15(14)24-16/h12H,3-11,13H2,1-2H3. The Bertz CT molecular complexity index is 530. The molecule has 24 heavy (non-hydrogen) atoms. The van der Waals surface area contributed by atoms with E-state index in [1.54, 1.807) is 25.4 Å². The Kier molecular flexibility index (Phi) is 7.72. The normalized spacial score (nSPS) is 14.4. The van der Waals surface area contributed by atoms with E-state index >= 15 is 0 Å². The molecule has 0 N–H and O–H groups in total. The van der Waals surface area contributed by atoms with E-state index in [1.807, 2.05) is 6.07 Å². The summed E-state index contributed by atoms with van der Waals surface area (Å²) < 4.78 is 10.1. The van der Waals surface area contributed by atoms with Crippen molar-refractivity contribution in [1.82, 2.24) is 4.90 Å². The van der Waals surface area contributed by atoms with Crippen LogP contribution < -0.4 is 0 Å². The van der Waals surface area contributed by atoms with E-state index in [9.17, 15) is 9.59 Å². The highest BCUT2D eigenvalue weighted by atomic mass is 32.1. The molecule has 6 heteroatoms. The van der Waals surface area contributed by atoms with E-state index in [-0.39, 0.29) is 18.4 Å². The fourth-order valence-electron chi connectivity index (χ4n) is 2.92.